The Balaban J connectivity index is 1.50. The van der Waals surface area contributed by atoms with Crippen LogP contribution in [0.1, 0.15) is 65.4 Å². The molecule has 0 bridgehead atoms. The minimum absolute atomic E-state index is 0.0386. The van der Waals surface area contributed by atoms with Crippen LogP contribution in [0.5, 0.6) is 0 Å². The number of esters is 1. The standard InChI is InChI=1S/C26H37NO3/c1-5-27(17-26(4,29)19-11-7-6-8-12-19)16-21-20-14-22-18(2)10-9-13-25(22,3)15-23(20)30-24(21)28/h6-8,11-12,20-21,23,29H,5,9-10,13-17H2,1-4H3/t20-,21-,23-,25-,26+/m1/s1. The van der Waals surface area contributed by atoms with Gasteiger partial charge in [-0.3, -0.25) is 9.69 Å². The first-order valence-corrected chi connectivity index (χ1v) is 11.6. The van der Waals surface area contributed by atoms with Crippen LogP contribution in [0.25, 0.3) is 0 Å². The molecule has 2 aliphatic carbocycles. The van der Waals surface area contributed by atoms with Gasteiger partial charge in [0.05, 0.1) is 11.5 Å². The molecule has 3 aliphatic rings. The molecule has 1 saturated heterocycles. The van der Waals surface area contributed by atoms with Crippen molar-refractivity contribution in [2.24, 2.45) is 17.3 Å². The Labute approximate surface area is 181 Å². The topological polar surface area (TPSA) is 49.8 Å². The highest BCUT2D eigenvalue weighted by atomic mass is 16.6. The van der Waals surface area contributed by atoms with Gasteiger partial charge in [0.25, 0.3) is 0 Å². The zero-order valence-electron chi connectivity index (χ0n) is 19.0. The summed E-state index contributed by atoms with van der Waals surface area (Å²) in [6.07, 6.45) is 5.68. The summed E-state index contributed by atoms with van der Waals surface area (Å²) in [5, 5.41) is 11.1. The number of ether oxygens (including phenoxy) is 1. The van der Waals surface area contributed by atoms with Crippen LogP contribution in [0.15, 0.2) is 41.5 Å². The van der Waals surface area contributed by atoms with Crippen LogP contribution in [0.3, 0.4) is 0 Å². The molecular formula is C26H37NO3. The van der Waals surface area contributed by atoms with Crippen molar-refractivity contribution >= 4 is 5.97 Å². The molecule has 1 heterocycles. The largest absolute Gasteiger partial charge is 0.462 e. The van der Waals surface area contributed by atoms with Crippen LogP contribution in [-0.4, -0.2) is 41.7 Å². The third-order valence-corrected chi connectivity index (χ3v) is 8.01. The minimum Gasteiger partial charge on any atom is -0.462 e. The summed E-state index contributed by atoms with van der Waals surface area (Å²) in [5.41, 5.74) is 3.30. The van der Waals surface area contributed by atoms with Crippen LogP contribution in [0.2, 0.25) is 0 Å². The van der Waals surface area contributed by atoms with Crippen molar-refractivity contribution in [3.05, 3.63) is 47.0 Å². The molecule has 1 aromatic rings. The fraction of sp³-hybridized carbons (Fsp3) is 0.654. The maximum Gasteiger partial charge on any atom is 0.310 e. The molecule has 4 heteroatoms. The zero-order chi connectivity index (χ0) is 21.5. The first-order valence-electron chi connectivity index (χ1n) is 11.6. The first kappa shape index (κ1) is 21.6. The zero-order valence-corrected chi connectivity index (χ0v) is 19.0. The number of aliphatic hydroxyl groups is 1. The van der Waals surface area contributed by atoms with Gasteiger partial charge in [0.2, 0.25) is 0 Å². The number of carbonyl (C=O) groups excluding carboxylic acids is 1. The third-order valence-electron chi connectivity index (χ3n) is 8.01. The van der Waals surface area contributed by atoms with Gasteiger partial charge in [0.15, 0.2) is 0 Å². The number of benzene rings is 1. The molecule has 1 N–H and O–H groups in total. The van der Waals surface area contributed by atoms with Crippen LogP contribution >= 0.6 is 0 Å². The monoisotopic (exact) mass is 411 g/mol. The second-order valence-electron chi connectivity index (χ2n) is 10.3. The summed E-state index contributed by atoms with van der Waals surface area (Å²) in [5.74, 6) is 0.126. The van der Waals surface area contributed by atoms with Crippen molar-refractivity contribution < 1.29 is 14.6 Å². The van der Waals surface area contributed by atoms with Crippen molar-refractivity contribution in [1.82, 2.24) is 4.90 Å². The van der Waals surface area contributed by atoms with Gasteiger partial charge in [-0.25, -0.2) is 0 Å². The maximum absolute atomic E-state index is 12.9. The normalized spacial score (nSPS) is 33.1. The van der Waals surface area contributed by atoms with Gasteiger partial charge >= 0.3 is 5.97 Å². The van der Waals surface area contributed by atoms with E-state index in [1.807, 2.05) is 37.3 Å². The number of hydrogen-bond donors (Lipinski definition) is 1. The molecule has 0 aromatic heterocycles. The summed E-state index contributed by atoms with van der Waals surface area (Å²) in [4.78, 5) is 15.1. The number of fused-ring (bicyclic) bond motifs is 2. The molecule has 4 nitrogen and oxygen atoms in total. The molecule has 5 atom stereocenters. The van der Waals surface area contributed by atoms with Crippen LogP contribution in [-0.2, 0) is 15.1 Å². The van der Waals surface area contributed by atoms with Gasteiger partial charge < -0.3 is 9.84 Å². The van der Waals surface area contributed by atoms with Gasteiger partial charge in [-0.15, -0.1) is 0 Å². The van der Waals surface area contributed by atoms with Crippen LogP contribution < -0.4 is 0 Å². The van der Waals surface area contributed by atoms with Gasteiger partial charge in [0, 0.05) is 19.0 Å². The molecule has 0 spiro atoms. The van der Waals surface area contributed by atoms with E-state index in [1.165, 1.54) is 19.3 Å². The van der Waals surface area contributed by atoms with Gasteiger partial charge in [-0.2, -0.15) is 0 Å². The summed E-state index contributed by atoms with van der Waals surface area (Å²) in [7, 11) is 0. The molecule has 1 aliphatic heterocycles. The molecule has 164 valence electrons. The molecule has 1 saturated carbocycles. The summed E-state index contributed by atoms with van der Waals surface area (Å²) in [6, 6.07) is 9.81. The molecule has 0 amide bonds. The smallest absolute Gasteiger partial charge is 0.310 e. The van der Waals surface area contributed by atoms with Crippen molar-refractivity contribution in [2.75, 3.05) is 19.6 Å². The van der Waals surface area contributed by atoms with E-state index in [4.69, 9.17) is 4.74 Å². The van der Waals surface area contributed by atoms with Crippen molar-refractivity contribution in [3.8, 4) is 0 Å². The lowest BCUT2D eigenvalue weighted by atomic mass is 9.59. The van der Waals surface area contributed by atoms with Gasteiger partial charge in [0.1, 0.15) is 6.10 Å². The maximum atomic E-state index is 12.9. The van der Waals surface area contributed by atoms with Gasteiger partial charge in [-0.05, 0) is 63.5 Å². The first-order chi connectivity index (χ1) is 14.2. The highest BCUT2D eigenvalue weighted by Gasteiger charge is 2.53. The Bertz CT molecular complexity index is 815. The van der Waals surface area contributed by atoms with Crippen molar-refractivity contribution in [3.63, 3.8) is 0 Å². The molecule has 0 unspecified atom stereocenters. The predicted octanol–water partition coefficient (Wildman–Crippen LogP) is 4.67. The van der Waals surface area contributed by atoms with E-state index in [9.17, 15) is 9.90 Å². The molecule has 0 radical (unpaired) electrons. The lowest BCUT2D eigenvalue weighted by Gasteiger charge is -2.46. The summed E-state index contributed by atoms with van der Waals surface area (Å²) >= 11 is 0. The predicted molar refractivity (Wildman–Crippen MR) is 119 cm³/mol. The quantitative estimate of drug-likeness (QED) is 0.546. The fourth-order valence-corrected chi connectivity index (χ4v) is 6.23. The number of hydrogen-bond acceptors (Lipinski definition) is 4. The van der Waals surface area contributed by atoms with E-state index in [0.717, 1.165) is 24.9 Å². The number of likely N-dealkylation sites (N-methyl/N-ethyl adjacent to an activating group) is 1. The third kappa shape index (κ3) is 3.97. The average molecular weight is 412 g/mol. The van der Waals surface area contributed by atoms with Crippen LogP contribution in [0.4, 0.5) is 0 Å². The Kier molecular flexibility index (Phi) is 5.84. The SMILES string of the molecule is CCN(C[C@H]1C(=O)O[C@@H]2C[C@@]3(C)CCCC(C)=C3C[C@@H]21)C[C@](C)(O)c1ccccc1. The van der Waals surface area contributed by atoms with Gasteiger partial charge in [-0.1, -0.05) is 55.3 Å². The minimum atomic E-state index is -0.952. The van der Waals surface area contributed by atoms with E-state index in [1.54, 1.807) is 11.1 Å². The van der Waals surface area contributed by atoms with Crippen LogP contribution in [0, 0.1) is 17.3 Å². The number of allylic oxidation sites excluding steroid dienone is 2. The van der Waals surface area contributed by atoms with E-state index in [2.05, 4.69) is 25.7 Å². The Morgan fingerprint density at radius 1 is 1.30 bits per heavy atom. The Morgan fingerprint density at radius 3 is 2.73 bits per heavy atom. The fourth-order valence-electron chi connectivity index (χ4n) is 6.23. The lowest BCUT2D eigenvalue weighted by Crippen LogP contribution is -2.44. The highest BCUT2D eigenvalue weighted by Crippen LogP contribution is 2.55. The second kappa shape index (κ2) is 8.12. The van der Waals surface area contributed by atoms with Crippen molar-refractivity contribution in [2.45, 2.75) is 71.5 Å². The average Bonchev–Trinajstić information content (AvgIpc) is 3.00. The number of nitrogens with zero attached hydrogens (tertiary/aromatic N) is 1. The van der Waals surface area contributed by atoms with E-state index < -0.39 is 5.60 Å². The summed E-state index contributed by atoms with van der Waals surface area (Å²) in [6.45, 7) is 10.6. The van der Waals surface area contributed by atoms with E-state index in [0.29, 0.717) is 13.1 Å². The molecule has 2 fully saturated rings. The molecule has 30 heavy (non-hydrogen) atoms. The highest BCUT2D eigenvalue weighted by molar-refractivity contribution is 5.76. The van der Waals surface area contributed by atoms with Crippen molar-refractivity contribution in [1.29, 1.82) is 0 Å². The van der Waals surface area contributed by atoms with E-state index in [-0.39, 0.29) is 29.3 Å². The molecule has 4 rings (SSSR count). The second-order valence-corrected chi connectivity index (χ2v) is 10.3. The Morgan fingerprint density at radius 2 is 2.03 bits per heavy atom. The number of carbonyl (C=O) groups is 1. The summed E-state index contributed by atoms with van der Waals surface area (Å²) < 4.78 is 5.94. The molecular weight excluding hydrogens is 374 g/mol. The van der Waals surface area contributed by atoms with E-state index >= 15 is 0 Å². The lowest BCUT2D eigenvalue weighted by molar-refractivity contribution is -0.145. The Hall–Kier alpha value is -1.65. The molecule has 1 aromatic carbocycles. The number of rotatable bonds is 6.